The van der Waals surface area contributed by atoms with Crippen LogP contribution >= 0.6 is 0 Å². The Morgan fingerprint density at radius 3 is 2.50 bits per heavy atom. The summed E-state index contributed by atoms with van der Waals surface area (Å²) in [5.41, 5.74) is 0.178. The number of ether oxygens (including phenoxy) is 1. The van der Waals surface area contributed by atoms with E-state index < -0.39 is 11.7 Å². The SMILES string of the molecule is CC(=O)/C(=N/OCC=NO)c1ccc(OCc2cccc(C(F)(F)F)c2)cc1. The van der Waals surface area contributed by atoms with E-state index in [4.69, 9.17) is 14.8 Å². The monoisotopic (exact) mass is 394 g/mol. The average Bonchev–Trinajstić information content (AvgIpc) is 2.66. The number of Topliss-reactive ketones (excluding diaryl/α,β-unsaturated/α-hetero) is 1. The molecule has 0 saturated carbocycles. The van der Waals surface area contributed by atoms with Crippen molar-refractivity contribution in [3.05, 3.63) is 65.2 Å². The molecule has 9 heteroatoms. The number of nitrogens with zero attached hydrogens (tertiary/aromatic N) is 2. The highest BCUT2D eigenvalue weighted by molar-refractivity contribution is 6.45. The average molecular weight is 394 g/mol. The summed E-state index contributed by atoms with van der Waals surface area (Å²) < 4.78 is 43.7. The van der Waals surface area contributed by atoms with Crippen LogP contribution in [0.3, 0.4) is 0 Å². The number of carbonyl (C=O) groups is 1. The first-order valence-corrected chi connectivity index (χ1v) is 8.07. The zero-order valence-corrected chi connectivity index (χ0v) is 14.8. The maximum atomic E-state index is 12.7. The summed E-state index contributed by atoms with van der Waals surface area (Å²) in [6.45, 7) is 1.17. The minimum absolute atomic E-state index is 0.0411. The Morgan fingerprint density at radius 1 is 1.18 bits per heavy atom. The van der Waals surface area contributed by atoms with Gasteiger partial charge in [0.15, 0.2) is 18.1 Å². The van der Waals surface area contributed by atoms with E-state index in [0.717, 1.165) is 18.3 Å². The summed E-state index contributed by atoms with van der Waals surface area (Å²) in [4.78, 5) is 16.6. The Morgan fingerprint density at radius 2 is 1.89 bits per heavy atom. The molecular formula is C19H17F3N2O4. The molecule has 0 fully saturated rings. The largest absolute Gasteiger partial charge is 0.489 e. The fraction of sp³-hybridized carbons (Fsp3) is 0.211. The molecule has 0 radical (unpaired) electrons. The van der Waals surface area contributed by atoms with Crippen molar-refractivity contribution in [2.24, 2.45) is 10.3 Å². The smallest absolute Gasteiger partial charge is 0.416 e. The second-order valence-corrected chi connectivity index (χ2v) is 5.60. The van der Waals surface area contributed by atoms with Crippen LogP contribution in [0.25, 0.3) is 0 Å². The molecule has 28 heavy (non-hydrogen) atoms. The topological polar surface area (TPSA) is 80.5 Å². The van der Waals surface area contributed by atoms with Crippen molar-refractivity contribution in [2.45, 2.75) is 19.7 Å². The maximum absolute atomic E-state index is 12.7. The van der Waals surface area contributed by atoms with E-state index in [1.54, 1.807) is 24.3 Å². The Bertz CT molecular complexity index is 862. The minimum atomic E-state index is -4.41. The van der Waals surface area contributed by atoms with Gasteiger partial charge in [-0.1, -0.05) is 22.4 Å². The molecule has 0 atom stereocenters. The van der Waals surface area contributed by atoms with Gasteiger partial charge in [-0.2, -0.15) is 13.2 Å². The molecule has 0 aromatic heterocycles. The summed E-state index contributed by atoms with van der Waals surface area (Å²) in [5, 5.41) is 14.7. The molecule has 0 unspecified atom stereocenters. The van der Waals surface area contributed by atoms with Crippen molar-refractivity contribution < 1.29 is 32.7 Å². The molecule has 0 aliphatic carbocycles. The number of rotatable bonds is 8. The summed E-state index contributed by atoms with van der Waals surface area (Å²) in [7, 11) is 0. The van der Waals surface area contributed by atoms with Gasteiger partial charge in [0.1, 0.15) is 12.4 Å². The van der Waals surface area contributed by atoms with Crippen LogP contribution in [-0.2, 0) is 22.4 Å². The molecule has 0 spiro atoms. The summed E-state index contributed by atoms with van der Waals surface area (Å²) in [5.74, 6) is 0.0796. The highest BCUT2D eigenvalue weighted by Crippen LogP contribution is 2.29. The molecule has 2 rings (SSSR count). The molecule has 0 amide bonds. The molecule has 0 aliphatic rings. The number of carbonyl (C=O) groups excluding carboxylic acids is 1. The van der Waals surface area contributed by atoms with Gasteiger partial charge in [0.2, 0.25) is 0 Å². The van der Waals surface area contributed by atoms with Crippen LogP contribution in [0.1, 0.15) is 23.6 Å². The molecule has 1 N–H and O–H groups in total. The Kier molecular flexibility index (Phi) is 7.14. The van der Waals surface area contributed by atoms with Gasteiger partial charge in [-0.3, -0.25) is 4.79 Å². The third-order valence-electron chi connectivity index (χ3n) is 3.51. The predicted molar refractivity (Wildman–Crippen MR) is 95.7 cm³/mol. The number of benzene rings is 2. The molecule has 2 aromatic rings. The van der Waals surface area contributed by atoms with Crippen LogP contribution in [0.5, 0.6) is 5.75 Å². The summed E-state index contributed by atoms with van der Waals surface area (Å²) >= 11 is 0. The molecule has 0 bridgehead atoms. The molecule has 0 heterocycles. The zero-order chi connectivity index (χ0) is 20.6. The predicted octanol–water partition coefficient (Wildman–Crippen LogP) is 4.05. The number of hydrogen-bond acceptors (Lipinski definition) is 6. The number of halogens is 3. The Labute approximate surface area is 158 Å². The maximum Gasteiger partial charge on any atom is 0.416 e. The Balaban J connectivity index is 2.05. The highest BCUT2D eigenvalue weighted by atomic mass is 19.4. The highest BCUT2D eigenvalue weighted by Gasteiger charge is 2.30. The van der Waals surface area contributed by atoms with Gasteiger partial charge >= 0.3 is 6.18 Å². The van der Waals surface area contributed by atoms with Crippen LogP contribution < -0.4 is 4.74 Å². The van der Waals surface area contributed by atoms with Crippen molar-refractivity contribution in [3.63, 3.8) is 0 Å². The summed E-state index contributed by atoms with van der Waals surface area (Å²) in [6.07, 6.45) is -3.35. The lowest BCUT2D eigenvalue weighted by molar-refractivity contribution is -0.137. The van der Waals surface area contributed by atoms with Gasteiger partial charge in [-0.15, -0.1) is 0 Å². The molecule has 6 nitrogen and oxygen atoms in total. The fourth-order valence-corrected chi connectivity index (χ4v) is 2.20. The number of oxime groups is 2. The van der Waals surface area contributed by atoms with Crippen molar-refractivity contribution in [1.82, 2.24) is 0 Å². The van der Waals surface area contributed by atoms with Crippen molar-refractivity contribution in [2.75, 3.05) is 6.61 Å². The zero-order valence-electron chi connectivity index (χ0n) is 14.8. The molecule has 0 aliphatic heterocycles. The van der Waals surface area contributed by atoms with E-state index in [2.05, 4.69) is 10.3 Å². The number of alkyl halides is 3. The van der Waals surface area contributed by atoms with Gasteiger partial charge in [0, 0.05) is 12.5 Å². The van der Waals surface area contributed by atoms with Gasteiger partial charge in [-0.05, 0) is 42.0 Å². The van der Waals surface area contributed by atoms with Gasteiger partial charge in [0.05, 0.1) is 11.8 Å². The molecule has 2 aromatic carbocycles. The normalized spacial score (nSPS) is 12.2. The lowest BCUT2D eigenvalue weighted by Gasteiger charge is -2.10. The second kappa shape index (κ2) is 9.54. The lowest BCUT2D eigenvalue weighted by Crippen LogP contribution is -2.12. The van der Waals surface area contributed by atoms with Crippen molar-refractivity contribution in [1.29, 1.82) is 0 Å². The number of ketones is 1. The van der Waals surface area contributed by atoms with E-state index in [0.29, 0.717) is 16.9 Å². The van der Waals surface area contributed by atoms with Gasteiger partial charge in [0.25, 0.3) is 0 Å². The van der Waals surface area contributed by atoms with Crippen LogP contribution in [0, 0.1) is 0 Å². The first-order chi connectivity index (χ1) is 13.3. The lowest BCUT2D eigenvalue weighted by atomic mass is 10.1. The first kappa shape index (κ1) is 20.9. The molecular weight excluding hydrogens is 377 g/mol. The van der Waals surface area contributed by atoms with E-state index >= 15 is 0 Å². The van der Waals surface area contributed by atoms with Crippen molar-refractivity contribution in [3.8, 4) is 5.75 Å². The summed E-state index contributed by atoms with van der Waals surface area (Å²) in [6, 6.07) is 11.2. The van der Waals surface area contributed by atoms with Crippen LogP contribution in [0.15, 0.2) is 58.8 Å². The van der Waals surface area contributed by atoms with Crippen LogP contribution in [0.4, 0.5) is 13.2 Å². The van der Waals surface area contributed by atoms with Gasteiger partial charge in [-0.25, -0.2) is 0 Å². The number of hydrogen-bond donors (Lipinski definition) is 1. The Hall–Kier alpha value is -3.36. The van der Waals surface area contributed by atoms with Gasteiger partial charge < -0.3 is 14.8 Å². The standard InChI is InChI=1S/C19H17F3N2O4/c1-13(25)18(24-28-10-9-23-26)15-5-7-17(8-6-15)27-12-14-3-2-4-16(11-14)19(20,21)22/h2-9,11,26H,10,12H2,1H3/b23-9?,24-18-. The van der Waals surface area contributed by atoms with E-state index in [9.17, 15) is 18.0 Å². The quantitative estimate of drug-likeness (QED) is 0.317. The second-order valence-electron chi connectivity index (χ2n) is 5.60. The minimum Gasteiger partial charge on any atom is -0.489 e. The molecule has 148 valence electrons. The third kappa shape index (κ3) is 6.11. The first-order valence-electron chi connectivity index (χ1n) is 8.07. The van der Waals surface area contributed by atoms with E-state index in [1.807, 2.05) is 0 Å². The van der Waals surface area contributed by atoms with E-state index in [1.165, 1.54) is 19.1 Å². The van der Waals surface area contributed by atoms with Crippen molar-refractivity contribution >= 4 is 17.7 Å². The van der Waals surface area contributed by atoms with Crippen LogP contribution in [0.2, 0.25) is 0 Å². The van der Waals surface area contributed by atoms with Crippen LogP contribution in [-0.4, -0.2) is 29.5 Å². The fourth-order valence-electron chi connectivity index (χ4n) is 2.20. The molecule has 0 saturated heterocycles. The van der Waals surface area contributed by atoms with E-state index in [-0.39, 0.29) is 24.7 Å². The third-order valence-corrected chi connectivity index (χ3v) is 3.51.